The number of anilines is 1. The van der Waals surface area contributed by atoms with Crippen molar-refractivity contribution in [3.05, 3.63) is 53.1 Å². The van der Waals surface area contributed by atoms with E-state index in [1.165, 1.54) is 12.1 Å². The summed E-state index contributed by atoms with van der Waals surface area (Å²) in [4.78, 5) is 12.1. The molecule has 0 unspecified atom stereocenters. The van der Waals surface area contributed by atoms with Crippen molar-refractivity contribution >= 4 is 23.2 Å². The summed E-state index contributed by atoms with van der Waals surface area (Å²) in [7, 11) is 0. The summed E-state index contributed by atoms with van der Waals surface area (Å²) < 4.78 is 5.62. The predicted molar refractivity (Wildman–Crippen MR) is 83.0 cm³/mol. The van der Waals surface area contributed by atoms with Crippen LogP contribution in [0.1, 0.15) is 12.5 Å². The van der Waals surface area contributed by atoms with Crippen molar-refractivity contribution < 1.29 is 14.6 Å². The molecule has 1 amide bonds. The van der Waals surface area contributed by atoms with Gasteiger partial charge in [-0.2, -0.15) is 0 Å². The third-order valence-electron chi connectivity index (χ3n) is 2.98. The summed E-state index contributed by atoms with van der Waals surface area (Å²) in [5.74, 6) is 0.238. The van der Waals surface area contributed by atoms with Gasteiger partial charge in [-0.25, -0.2) is 0 Å². The Bertz CT molecular complexity index is 658. The number of halogens is 1. The molecule has 110 valence electrons. The summed E-state index contributed by atoms with van der Waals surface area (Å²) >= 11 is 5.84. The Balaban J connectivity index is 2.06. The van der Waals surface area contributed by atoms with Crippen LogP contribution in [-0.4, -0.2) is 17.1 Å². The summed E-state index contributed by atoms with van der Waals surface area (Å²) in [6.45, 7) is 3.55. The van der Waals surface area contributed by atoms with Gasteiger partial charge in [-0.15, -0.1) is 0 Å². The molecule has 2 rings (SSSR count). The number of phenols is 1. The lowest BCUT2D eigenvalue weighted by molar-refractivity contribution is -0.122. The van der Waals surface area contributed by atoms with E-state index >= 15 is 0 Å². The Hall–Kier alpha value is -2.20. The quantitative estimate of drug-likeness (QED) is 0.846. The number of hydrogen-bond acceptors (Lipinski definition) is 3. The first-order chi connectivity index (χ1) is 9.97. The third kappa shape index (κ3) is 3.89. The first-order valence-electron chi connectivity index (χ1n) is 6.49. The van der Waals surface area contributed by atoms with Crippen molar-refractivity contribution in [1.82, 2.24) is 0 Å². The molecule has 0 saturated carbocycles. The molecule has 5 heteroatoms. The van der Waals surface area contributed by atoms with Crippen molar-refractivity contribution in [2.24, 2.45) is 0 Å². The van der Waals surface area contributed by atoms with Gasteiger partial charge in [0.2, 0.25) is 0 Å². The fourth-order valence-corrected chi connectivity index (χ4v) is 1.95. The molecule has 2 aromatic rings. The average Bonchev–Trinajstić information content (AvgIpc) is 2.45. The molecule has 0 fully saturated rings. The van der Waals surface area contributed by atoms with Crippen LogP contribution >= 0.6 is 11.6 Å². The number of carbonyl (C=O) groups excluding carboxylic acids is 1. The summed E-state index contributed by atoms with van der Waals surface area (Å²) in [5.41, 5.74) is 1.20. The van der Waals surface area contributed by atoms with E-state index in [0.717, 1.165) is 5.56 Å². The number of rotatable bonds is 4. The molecular formula is C16H16ClNO3. The minimum Gasteiger partial charge on any atom is -0.506 e. The fraction of sp³-hybridized carbons (Fsp3) is 0.188. The van der Waals surface area contributed by atoms with Gasteiger partial charge >= 0.3 is 0 Å². The van der Waals surface area contributed by atoms with Crippen LogP contribution in [0.15, 0.2) is 42.5 Å². The van der Waals surface area contributed by atoms with Crippen molar-refractivity contribution in [1.29, 1.82) is 0 Å². The van der Waals surface area contributed by atoms with Gasteiger partial charge in [0, 0.05) is 5.02 Å². The van der Waals surface area contributed by atoms with Crippen LogP contribution in [0.3, 0.4) is 0 Å². The largest absolute Gasteiger partial charge is 0.506 e. The van der Waals surface area contributed by atoms with Crippen LogP contribution in [0.25, 0.3) is 0 Å². The number of para-hydroxylation sites is 1. The Kier molecular flexibility index (Phi) is 4.70. The van der Waals surface area contributed by atoms with Crippen LogP contribution in [0.4, 0.5) is 5.69 Å². The van der Waals surface area contributed by atoms with Gasteiger partial charge in [0.1, 0.15) is 11.5 Å². The molecule has 0 aromatic heterocycles. The zero-order chi connectivity index (χ0) is 15.4. The molecule has 0 spiro atoms. The standard InChI is InChI=1S/C16H16ClNO3/c1-10-5-3-4-6-15(10)21-11(2)16(20)18-13-9-12(17)7-8-14(13)19/h3-9,11,19H,1-2H3,(H,18,20)/t11-/m1/s1. The van der Waals surface area contributed by atoms with Gasteiger partial charge in [0.25, 0.3) is 5.91 Å². The van der Waals surface area contributed by atoms with Gasteiger partial charge in [-0.3, -0.25) is 4.79 Å². The number of nitrogens with one attached hydrogen (secondary N) is 1. The highest BCUT2D eigenvalue weighted by atomic mass is 35.5. The smallest absolute Gasteiger partial charge is 0.265 e. The topological polar surface area (TPSA) is 58.6 Å². The van der Waals surface area contributed by atoms with E-state index in [0.29, 0.717) is 10.8 Å². The third-order valence-corrected chi connectivity index (χ3v) is 3.22. The first-order valence-corrected chi connectivity index (χ1v) is 6.87. The van der Waals surface area contributed by atoms with Crippen LogP contribution in [0.2, 0.25) is 5.02 Å². The summed E-state index contributed by atoms with van der Waals surface area (Å²) in [6, 6.07) is 11.9. The van der Waals surface area contributed by atoms with Crippen molar-refractivity contribution in [3.63, 3.8) is 0 Å². The van der Waals surface area contributed by atoms with E-state index in [9.17, 15) is 9.90 Å². The molecule has 0 radical (unpaired) electrons. The number of amides is 1. The molecule has 0 bridgehead atoms. The second-order valence-corrected chi connectivity index (χ2v) is 5.11. The number of phenolic OH excluding ortho intramolecular Hbond substituents is 1. The molecule has 2 N–H and O–H groups in total. The monoisotopic (exact) mass is 305 g/mol. The highest BCUT2D eigenvalue weighted by Crippen LogP contribution is 2.27. The minimum absolute atomic E-state index is 0.0455. The van der Waals surface area contributed by atoms with Gasteiger partial charge in [-0.05, 0) is 43.7 Å². The zero-order valence-corrected chi connectivity index (χ0v) is 12.5. The predicted octanol–water partition coefficient (Wildman–Crippen LogP) is 3.76. The Labute approximate surface area is 128 Å². The zero-order valence-electron chi connectivity index (χ0n) is 11.8. The average molecular weight is 306 g/mol. The van der Waals surface area contributed by atoms with E-state index in [-0.39, 0.29) is 17.3 Å². The molecule has 0 aliphatic carbocycles. The normalized spacial score (nSPS) is 11.8. The van der Waals surface area contributed by atoms with E-state index < -0.39 is 6.10 Å². The van der Waals surface area contributed by atoms with E-state index in [1.807, 2.05) is 25.1 Å². The number of carbonyl (C=O) groups is 1. The number of hydrogen-bond donors (Lipinski definition) is 2. The molecule has 0 aliphatic rings. The lowest BCUT2D eigenvalue weighted by atomic mass is 10.2. The lowest BCUT2D eigenvalue weighted by Crippen LogP contribution is -2.30. The fourth-order valence-electron chi connectivity index (χ4n) is 1.78. The second kappa shape index (κ2) is 6.50. The van der Waals surface area contributed by atoms with Crippen molar-refractivity contribution in [2.75, 3.05) is 5.32 Å². The van der Waals surface area contributed by atoms with E-state index in [2.05, 4.69) is 5.32 Å². The number of aryl methyl sites for hydroxylation is 1. The SMILES string of the molecule is Cc1ccccc1O[C@H](C)C(=O)Nc1cc(Cl)ccc1O. The van der Waals surface area contributed by atoms with Crippen LogP contribution in [0.5, 0.6) is 11.5 Å². The highest BCUT2D eigenvalue weighted by molar-refractivity contribution is 6.31. The summed E-state index contributed by atoms with van der Waals surface area (Å²) in [6.07, 6.45) is -0.704. The van der Waals surface area contributed by atoms with E-state index in [1.54, 1.807) is 19.1 Å². The Morgan fingerprint density at radius 1 is 1.29 bits per heavy atom. The van der Waals surface area contributed by atoms with Gasteiger partial charge in [-0.1, -0.05) is 29.8 Å². The summed E-state index contributed by atoms with van der Waals surface area (Å²) in [5, 5.41) is 12.7. The van der Waals surface area contributed by atoms with Crippen LogP contribution in [0, 0.1) is 6.92 Å². The van der Waals surface area contributed by atoms with Gasteiger partial charge in [0.15, 0.2) is 6.10 Å². The van der Waals surface area contributed by atoms with Crippen molar-refractivity contribution in [2.45, 2.75) is 20.0 Å². The molecule has 2 aromatic carbocycles. The minimum atomic E-state index is -0.704. The van der Waals surface area contributed by atoms with Gasteiger partial charge in [0.05, 0.1) is 5.69 Å². The molecular weight excluding hydrogens is 290 g/mol. The van der Waals surface area contributed by atoms with E-state index in [4.69, 9.17) is 16.3 Å². The maximum atomic E-state index is 12.1. The molecule has 1 atom stereocenters. The maximum absolute atomic E-state index is 12.1. The molecule has 0 aliphatic heterocycles. The van der Waals surface area contributed by atoms with Crippen LogP contribution in [-0.2, 0) is 4.79 Å². The molecule has 21 heavy (non-hydrogen) atoms. The Morgan fingerprint density at radius 2 is 2.00 bits per heavy atom. The molecule has 0 saturated heterocycles. The van der Waals surface area contributed by atoms with Gasteiger partial charge < -0.3 is 15.2 Å². The number of benzene rings is 2. The second-order valence-electron chi connectivity index (χ2n) is 4.68. The number of aromatic hydroxyl groups is 1. The maximum Gasteiger partial charge on any atom is 0.265 e. The number of ether oxygens (including phenoxy) is 1. The molecule has 4 nitrogen and oxygen atoms in total. The lowest BCUT2D eigenvalue weighted by Gasteiger charge is -2.16. The molecule has 0 heterocycles. The Morgan fingerprint density at radius 3 is 2.71 bits per heavy atom. The van der Waals surface area contributed by atoms with Crippen molar-refractivity contribution in [3.8, 4) is 11.5 Å². The first kappa shape index (κ1) is 15.2. The van der Waals surface area contributed by atoms with Crippen LogP contribution < -0.4 is 10.1 Å². The highest BCUT2D eigenvalue weighted by Gasteiger charge is 2.17.